The summed E-state index contributed by atoms with van der Waals surface area (Å²) in [6.07, 6.45) is 0.751. The van der Waals surface area contributed by atoms with E-state index in [4.69, 9.17) is 21.1 Å². The lowest BCUT2D eigenvalue weighted by atomic mass is 10.2. The van der Waals surface area contributed by atoms with Gasteiger partial charge < -0.3 is 9.47 Å². The minimum Gasteiger partial charge on any atom is -0.443 e. The van der Waals surface area contributed by atoms with Crippen molar-refractivity contribution < 1.29 is 19.1 Å². The summed E-state index contributed by atoms with van der Waals surface area (Å²) in [6.45, 7) is 13.6. The Morgan fingerprint density at radius 3 is 1.96 bits per heavy atom. The summed E-state index contributed by atoms with van der Waals surface area (Å²) in [4.78, 5) is 33.5. The van der Waals surface area contributed by atoms with Crippen molar-refractivity contribution in [2.75, 3.05) is 4.90 Å². The Kier molecular flexibility index (Phi) is 5.94. The van der Waals surface area contributed by atoms with Gasteiger partial charge in [-0.1, -0.05) is 18.2 Å². The van der Waals surface area contributed by atoms with Crippen LogP contribution in [0, 0.1) is 0 Å². The molecule has 0 bridgehead atoms. The molecule has 0 saturated carbocycles. The normalized spacial score (nSPS) is 11.6. The topological polar surface area (TPSA) is 81.6 Å². The monoisotopic (exact) mass is 355 g/mol. The molecule has 0 saturated heterocycles. The Hall–Kier alpha value is -2.15. The van der Waals surface area contributed by atoms with E-state index < -0.39 is 23.4 Å². The Balaban J connectivity index is 3.30. The third-order valence-corrected chi connectivity index (χ3v) is 2.60. The molecule has 0 radical (unpaired) electrons. The van der Waals surface area contributed by atoms with Crippen LogP contribution in [0.1, 0.15) is 47.2 Å². The molecule has 8 heteroatoms. The molecule has 0 aromatic carbocycles. The zero-order valence-electron chi connectivity index (χ0n) is 14.7. The molecule has 1 rings (SSSR count). The quantitative estimate of drug-likeness (QED) is 0.779. The number of amides is 2. The van der Waals surface area contributed by atoms with Gasteiger partial charge in [-0.05, 0) is 47.6 Å². The summed E-state index contributed by atoms with van der Waals surface area (Å²) in [5.41, 5.74) is -1.35. The standard InChI is InChI=1S/C16H22ClN3O4/c1-8-11-10(17)9-18-12(19-11)20(13(21)23-15(2,3)4)14(22)24-16(5,6)7/h8-9H,1H2,2-7H3. The van der Waals surface area contributed by atoms with Gasteiger partial charge in [0.1, 0.15) is 11.2 Å². The summed E-state index contributed by atoms with van der Waals surface area (Å²) >= 11 is 5.93. The summed E-state index contributed by atoms with van der Waals surface area (Å²) < 4.78 is 10.5. The first-order valence-corrected chi connectivity index (χ1v) is 7.63. The Bertz CT molecular complexity index is 620. The lowest BCUT2D eigenvalue weighted by molar-refractivity contribution is 0.0427. The van der Waals surface area contributed by atoms with Crippen molar-refractivity contribution in [3.05, 3.63) is 23.5 Å². The highest BCUT2D eigenvalue weighted by atomic mass is 35.5. The Morgan fingerprint density at radius 2 is 1.58 bits per heavy atom. The van der Waals surface area contributed by atoms with E-state index in [1.54, 1.807) is 41.5 Å². The summed E-state index contributed by atoms with van der Waals surface area (Å²) in [5, 5.41) is 0.238. The van der Waals surface area contributed by atoms with Crippen LogP contribution >= 0.6 is 11.6 Å². The van der Waals surface area contributed by atoms with Gasteiger partial charge in [0.25, 0.3) is 0 Å². The van der Waals surface area contributed by atoms with Gasteiger partial charge in [0.05, 0.1) is 16.9 Å². The average Bonchev–Trinajstić information content (AvgIpc) is 2.36. The van der Waals surface area contributed by atoms with Crippen molar-refractivity contribution in [1.29, 1.82) is 0 Å². The fourth-order valence-electron chi connectivity index (χ4n) is 1.47. The predicted molar refractivity (Wildman–Crippen MR) is 92.1 cm³/mol. The van der Waals surface area contributed by atoms with E-state index in [0.29, 0.717) is 4.90 Å². The van der Waals surface area contributed by atoms with Gasteiger partial charge in [-0.2, -0.15) is 0 Å². The van der Waals surface area contributed by atoms with Gasteiger partial charge >= 0.3 is 12.2 Å². The number of rotatable bonds is 2. The number of carbonyl (C=O) groups excluding carboxylic acids is 2. The maximum atomic E-state index is 12.4. The summed E-state index contributed by atoms with van der Waals surface area (Å²) in [5.74, 6) is -0.210. The van der Waals surface area contributed by atoms with Gasteiger partial charge in [-0.15, -0.1) is 4.90 Å². The van der Waals surface area contributed by atoms with Crippen LogP contribution in [0.15, 0.2) is 12.8 Å². The molecule has 0 fully saturated rings. The summed E-state index contributed by atoms with van der Waals surface area (Å²) in [6, 6.07) is 0. The minimum atomic E-state index is -0.950. The molecular formula is C16H22ClN3O4. The second kappa shape index (κ2) is 7.17. The van der Waals surface area contributed by atoms with Crippen LogP contribution in [0.2, 0.25) is 5.02 Å². The van der Waals surface area contributed by atoms with E-state index in [-0.39, 0.29) is 16.7 Å². The second-order valence-electron chi connectivity index (χ2n) is 6.90. The van der Waals surface area contributed by atoms with Crippen molar-refractivity contribution in [3.63, 3.8) is 0 Å². The molecule has 0 aliphatic rings. The molecule has 24 heavy (non-hydrogen) atoms. The van der Waals surface area contributed by atoms with Crippen LogP contribution < -0.4 is 4.90 Å². The highest BCUT2D eigenvalue weighted by Gasteiger charge is 2.34. The van der Waals surface area contributed by atoms with Crippen LogP contribution in [-0.2, 0) is 9.47 Å². The van der Waals surface area contributed by atoms with Gasteiger partial charge in [0.15, 0.2) is 0 Å². The van der Waals surface area contributed by atoms with Gasteiger partial charge in [0, 0.05) is 0 Å². The fraction of sp³-hybridized carbons (Fsp3) is 0.500. The highest BCUT2D eigenvalue weighted by Crippen LogP contribution is 2.21. The molecule has 0 unspecified atom stereocenters. The first-order chi connectivity index (χ1) is 10.8. The Labute approximate surface area is 146 Å². The number of imide groups is 1. The average molecular weight is 356 g/mol. The van der Waals surface area contributed by atoms with Crippen LogP contribution in [0.3, 0.4) is 0 Å². The van der Waals surface area contributed by atoms with E-state index >= 15 is 0 Å². The van der Waals surface area contributed by atoms with E-state index in [2.05, 4.69) is 16.5 Å². The number of anilines is 1. The summed E-state index contributed by atoms with van der Waals surface area (Å²) in [7, 11) is 0. The number of carbonyl (C=O) groups is 2. The maximum absolute atomic E-state index is 12.4. The molecule has 0 aliphatic heterocycles. The molecule has 1 aromatic heterocycles. The molecule has 0 atom stereocenters. The lowest BCUT2D eigenvalue weighted by Gasteiger charge is -2.27. The van der Waals surface area contributed by atoms with Crippen LogP contribution in [0.5, 0.6) is 0 Å². The molecule has 1 aromatic rings. The molecule has 2 amide bonds. The number of hydrogen-bond donors (Lipinski definition) is 0. The van der Waals surface area contributed by atoms with E-state index in [9.17, 15) is 9.59 Å². The van der Waals surface area contributed by atoms with E-state index in [1.807, 2.05) is 0 Å². The van der Waals surface area contributed by atoms with Crippen molar-refractivity contribution in [2.24, 2.45) is 0 Å². The molecule has 132 valence electrons. The zero-order chi connectivity index (χ0) is 18.7. The first kappa shape index (κ1) is 19.9. The third-order valence-electron chi connectivity index (χ3n) is 2.30. The number of halogens is 1. The Morgan fingerprint density at radius 1 is 1.12 bits per heavy atom. The van der Waals surface area contributed by atoms with Gasteiger partial charge in [-0.3, -0.25) is 0 Å². The molecule has 1 heterocycles. The molecule has 0 spiro atoms. The van der Waals surface area contributed by atoms with Crippen molar-refractivity contribution in [3.8, 4) is 0 Å². The van der Waals surface area contributed by atoms with Crippen molar-refractivity contribution in [1.82, 2.24) is 9.97 Å². The smallest absolute Gasteiger partial charge is 0.427 e. The molecule has 0 N–H and O–H groups in total. The van der Waals surface area contributed by atoms with Gasteiger partial charge in [0.2, 0.25) is 5.95 Å². The number of hydrogen-bond acceptors (Lipinski definition) is 6. The van der Waals surface area contributed by atoms with Crippen molar-refractivity contribution in [2.45, 2.75) is 52.7 Å². The minimum absolute atomic E-state index is 0.210. The number of ether oxygens (including phenoxy) is 2. The molecule has 0 aliphatic carbocycles. The zero-order valence-corrected chi connectivity index (χ0v) is 15.5. The van der Waals surface area contributed by atoms with Crippen LogP contribution in [0.25, 0.3) is 6.08 Å². The number of aromatic nitrogens is 2. The fourth-order valence-corrected chi connectivity index (χ4v) is 1.64. The van der Waals surface area contributed by atoms with Crippen LogP contribution in [-0.4, -0.2) is 33.4 Å². The molecular weight excluding hydrogens is 334 g/mol. The predicted octanol–water partition coefficient (Wildman–Crippen LogP) is 4.45. The molecule has 7 nitrogen and oxygen atoms in total. The lowest BCUT2D eigenvalue weighted by Crippen LogP contribution is -2.44. The van der Waals surface area contributed by atoms with Crippen molar-refractivity contribution >= 4 is 35.8 Å². The second-order valence-corrected chi connectivity index (χ2v) is 7.31. The SMILES string of the molecule is C=Cc1nc(N(C(=O)OC(C)(C)C)C(=O)OC(C)(C)C)ncc1Cl. The van der Waals surface area contributed by atoms with E-state index in [0.717, 1.165) is 0 Å². The number of nitrogens with zero attached hydrogens (tertiary/aromatic N) is 3. The van der Waals surface area contributed by atoms with E-state index in [1.165, 1.54) is 12.3 Å². The van der Waals surface area contributed by atoms with Crippen LogP contribution in [0.4, 0.5) is 15.5 Å². The third kappa shape index (κ3) is 5.81. The maximum Gasteiger partial charge on any atom is 0.427 e. The highest BCUT2D eigenvalue weighted by molar-refractivity contribution is 6.31. The first-order valence-electron chi connectivity index (χ1n) is 7.25. The largest absolute Gasteiger partial charge is 0.443 e. The van der Waals surface area contributed by atoms with Gasteiger partial charge in [-0.25, -0.2) is 19.6 Å².